The highest BCUT2D eigenvalue weighted by Gasteiger charge is 2.28. The van der Waals surface area contributed by atoms with Crippen LogP contribution in [0.4, 0.5) is 5.69 Å². The summed E-state index contributed by atoms with van der Waals surface area (Å²) < 4.78 is 5.60. The Bertz CT molecular complexity index is 607. The summed E-state index contributed by atoms with van der Waals surface area (Å²) in [4.78, 5) is 13.9. The monoisotopic (exact) mass is 284 g/mol. The first-order chi connectivity index (χ1) is 10.3. The van der Waals surface area contributed by atoms with Gasteiger partial charge < -0.3 is 14.6 Å². The molecule has 1 aromatic heterocycles. The largest absolute Gasteiger partial charge is 0.467 e. The zero-order valence-corrected chi connectivity index (χ0v) is 12.2. The zero-order valence-electron chi connectivity index (χ0n) is 12.2. The molecule has 0 radical (unpaired) electrons. The molecule has 4 nitrogen and oxygen atoms in total. The van der Waals surface area contributed by atoms with E-state index in [0.29, 0.717) is 13.0 Å². The van der Waals surface area contributed by atoms with Crippen molar-refractivity contribution >= 4 is 11.6 Å². The first kappa shape index (κ1) is 13.7. The summed E-state index contributed by atoms with van der Waals surface area (Å²) in [6.07, 6.45) is 3.22. The fraction of sp³-hybridized carbons (Fsp3) is 0.353. The van der Waals surface area contributed by atoms with Gasteiger partial charge >= 0.3 is 0 Å². The normalized spacial score (nSPS) is 14.8. The number of nitrogens with one attached hydrogen (secondary N) is 1. The first-order valence-electron chi connectivity index (χ1n) is 7.44. The molecule has 0 fully saturated rings. The molecule has 0 saturated carbocycles. The summed E-state index contributed by atoms with van der Waals surface area (Å²) in [5.74, 6) is 0.960. The lowest BCUT2D eigenvalue weighted by Gasteiger charge is -2.29. The molecule has 1 atom stereocenters. The van der Waals surface area contributed by atoms with Gasteiger partial charge in [-0.05, 0) is 30.2 Å². The second-order valence-electron chi connectivity index (χ2n) is 5.26. The fourth-order valence-electron chi connectivity index (χ4n) is 2.87. The number of nitrogens with zero attached hydrogens (tertiary/aromatic N) is 1. The average Bonchev–Trinajstić information content (AvgIpc) is 3.17. The Morgan fingerprint density at radius 2 is 2.19 bits per heavy atom. The van der Waals surface area contributed by atoms with Gasteiger partial charge in [0.25, 0.3) is 0 Å². The Balaban J connectivity index is 1.84. The molecule has 0 saturated heterocycles. The quantitative estimate of drug-likeness (QED) is 0.918. The van der Waals surface area contributed by atoms with Gasteiger partial charge in [0.15, 0.2) is 0 Å². The van der Waals surface area contributed by atoms with Gasteiger partial charge in [-0.1, -0.05) is 25.1 Å². The number of para-hydroxylation sites is 1. The third-order valence-electron chi connectivity index (χ3n) is 3.98. The molecular formula is C17H20N2O2. The Labute approximate surface area is 124 Å². The number of benzene rings is 1. The van der Waals surface area contributed by atoms with Crippen molar-refractivity contribution in [3.05, 3.63) is 54.0 Å². The number of hydrogen-bond acceptors (Lipinski definition) is 3. The number of hydrogen-bond donors (Lipinski definition) is 1. The molecule has 110 valence electrons. The third-order valence-corrected chi connectivity index (χ3v) is 3.98. The predicted octanol–water partition coefficient (Wildman–Crippen LogP) is 2.91. The summed E-state index contributed by atoms with van der Waals surface area (Å²) >= 11 is 0. The smallest absolute Gasteiger partial charge is 0.219 e. The van der Waals surface area contributed by atoms with Gasteiger partial charge in [-0.15, -0.1) is 0 Å². The van der Waals surface area contributed by atoms with Crippen LogP contribution >= 0.6 is 0 Å². The van der Waals surface area contributed by atoms with Gasteiger partial charge in [-0.3, -0.25) is 4.79 Å². The van der Waals surface area contributed by atoms with Gasteiger partial charge in [0, 0.05) is 25.2 Å². The minimum Gasteiger partial charge on any atom is -0.467 e. The molecule has 2 heterocycles. The first-order valence-corrected chi connectivity index (χ1v) is 7.44. The van der Waals surface area contributed by atoms with Crippen molar-refractivity contribution < 1.29 is 9.21 Å². The molecule has 0 spiro atoms. The van der Waals surface area contributed by atoms with E-state index in [-0.39, 0.29) is 11.9 Å². The minimum absolute atomic E-state index is 0.0409. The number of carbonyl (C=O) groups excluding carboxylic acids is 1. The SMILES string of the molecule is CCC(=O)NC[C@H](c1ccco1)N1CCc2ccccc21. The Kier molecular flexibility index (Phi) is 3.95. The maximum atomic E-state index is 11.6. The van der Waals surface area contributed by atoms with Gasteiger partial charge in [-0.25, -0.2) is 0 Å². The average molecular weight is 284 g/mol. The van der Waals surface area contributed by atoms with Crippen molar-refractivity contribution in [1.29, 1.82) is 0 Å². The second-order valence-corrected chi connectivity index (χ2v) is 5.26. The topological polar surface area (TPSA) is 45.5 Å². The molecule has 1 N–H and O–H groups in total. The molecule has 1 aliphatic rings. The Morgan fingerprint density at radius 3 is 2.95 bits per heavy atom. The van der Waals surface area contributed by atoms with Crippen molar-refractivity contribution in [2.45, 2.75) is 25.8 Å². The lowest BCUT2D eigenvalue weighted by Crippen LogP contribution is -2.37. The highest BCUT2D eigenvalue weighted by Crippen LogP contribution is 2.34. The Morgan fingerprint density at radius 1 is 1.33 bits per heavy atom. The number of carbonyl (C=O) groups is 1. The van der Waals surface area contributed by atoms with Crippen molar-refractivity contribution in [2.24, 2.45) is 0 Å². The summed E-state index contributed by atoms with van der Waals surface area (Å²) in [5.41, 5.74) is 2.60. The highest BCUT2D eigenvalue weighted by atomic mass is 16.3. The second kappa shape index (κ2) is 6.04. The summed E-state index contributed by atoms with van der Waals surface area (Å²) in [5, 5.41) is 2.99. The van der Waals surface area contributed by atoms with E-state index in [1.807, 2.05) is 19.1 Å². The van der Waals surface area contributed by atoms with E-state index in [9.17, 15) is 4.79 Å². The molecule has 21 heavy (non-hydrogen) atoms. The van der Waals surface area contributed by atoms with Gasteiger partial charge in [0.2, 0.25) is 5.91 Å². The van der Waals surface area contributed by atoms with E-state index in [2.05, 4.69) is 34.5 Å². The van der Waals surface area contributed by atoms with Gasteiger partial charge in [0.1, 0.15) is 11.8 Å². The molecule has 0 aliphatic carbocycles. The van der Waals surface area contributed by atoms with Crippen LogP contribution in [-0.4, -0.2) is 19.0 Å². The molecule has 0 unspecified atom stereocenters. The van der Waals surface area contributed by atoms with E-state index >= 15 is 0 Å². The number of anilines is 1. The number of rotatable bonds is 5. The molecular weight excluding hydrogens is 264 g/mol. The van der Waals surface area contributed by atoms with Crippen LogP contribution in [0.15, 0.2) is 47.1 Å². The van der Waals surface area contributed by atoms with E-state index < -0.39 is 0 Å². The summed E-state index contributed by atoms with van der Waals surface area (Å²) in [7, 11) is 0. The van der Waals surface area contributed by atoms with E-state index in [1.54, 1.807) is 6.26 Å². The van der Waals surface area contributed by atoms with Crippen LogP contribution in [-0.2, 0) is 11.2 Å². The molecule has 1 amide bonds. The van der Waals surface area contributed by atoms with Crippen molar-refractivity contribution in [2.75, 3.05) is 18.0 Å². The lowest BCUT2D eigenvalue weighted by molar-refractivity contribution is -0.120. The van der Waals surface area contributed by atoms with Crippen LogP contribution in [0, 0.1) is 0 Å². The molecule has 1 aliphatic heterocycles. The van der Waals surface area contributed by atoms with Crippen LogP contribution in [0.1, 0.15) is 30.7 Å². The summed E-state index contributed by atoms with van der Waals surface area (Å²) in [6.45, 7) is 3.38. The highest BCUT2D eigenvalue weighted by molar-refractivity contribution is 5.75. The third kappa shape index (κ3) is 2.79. The predicted molar refractivity (Wildman–Crippen MR) is 82.2 cm³/mol. The molecule has 2 aromatic rings. The van der Waals surface area contributed by atoms with Crippen LogP contribution in [0.5, 0.6) is 0 Å². The maximum Gasteiger partial charge on any atom is 0.219 e. The lowest BCUT2D eigenvalue weighted by atomic mass is 10.1. The summed E-state index contributed by atoms with van der Waals surface area (Å²) in [6, 6.07) is 12.3. The molecule has 1 aromatic carbocycles. The van der Waals surface area contributed by atoms with Gasteiger partial charge in [-0.2, -0.15) is 0 Å². The van der Waals surface area contributed by atoms with E-state index in [4.69, 9.17) is 4.42 Å². The maximum absolute atomic E-state index is 11.6. The van der Waals surface area contributed by atoms with Crippen LogP contribution < -0.4 is 10.2 Å². The molecule has 3 rings (SSSR count). The number of furan rings is 1. The van der Waals surface area contributed by atoms with E-state index in [1.165, 1.54) is 11.3 Å². The fourth-order valence-corrected chi connectivity index (χ4v) is 2.87. The standard InChI is InChI=1S/C17H20N2O2/c1-2-17(20)18-12-15(16-8-5-11-21-16)19-10-9-13-6-3-4-7-14(13)19/h3-8,11,15H,2,9-10,12H2,1H3,(H,18,20)/t15-/m1/s1. The zero-order chi connectivity index (χ0) is 14.7. The van der Waals surface area contributed by atoms with Crippen LogP contribution in [0.2, 0.25) is 0 Å². The van der Waals surface area contributed by atoms with Crippen molar-refractivity contribution in [1.82, 2.24) is 5.32 Å². The molecule has 4 heteroatoms. The van der Waals surface area contributed by atoms with Crippen LogP contribution in [0.25, 0.3) is 0 Å². The van der Waals surface area contributed by atoms with Crippen molar-refractivity contribution in [3.63, 3.8) is 0 Å². The molecule has 0 bridgehead atoms. The number of fused-ring (bicyclic) bond motifs is 1. The van der Waals surface area contributed by atoms with Gasteiger partial charge in [0.05, 0.1) is 6.26 Å². The van der Waals surface area contributed by atoms with Crippen molar-refractivity contribution in [3.8, 4) is 0 Å². The van der Waals surface area contributed by atoms with Crippen LogP contribution in [0.3, 0.4) is 0 Å². The Hall–Kier alpha value is -2.23. The van der Waals surface area contributed by atoms with E-state index in [0.717, 1.165) is 18.7 Å². The minimum atomic E-state index is 0.0409. The number of amides is 1.